The Morgan fingerprint density at radius 2 is 2.11 bits per heavy atom. The first kappa shape index (κ1) is 14.2. The van der Waals surface area contributed by atoms with Gasteiger partial charge in [0.05, 0.1) is 12.6 Å². The van der Waals surface area contributed by atoms with Gasteiger partial charge in [0.25, 0.3) is 0 Å². The fraction of sp³-hybridized carbons (Fsp3) is 0.400. The Bertz CT molecular complexity index is 406. The summed E-state index contributed by atoms with van der Waals surface area (Å²) >= 11 is 0. The maximum atomic E-state index is 12.2. The molecule has 1 heterocycles. The number of halogens is 3. The zero-order chi connectivity index (χ0) is 13.8. The van der Waals surface area contributed by atoms with E-state index in [1.807, 2.05) is 5.32 Å². The van der Waals surface area contributed by atoms with Crippen molar-refractivity contribution < 1.29 is 28.2 Å². The summed E-state index contributed by atoms with van der Waals surface area (Å²) in [6.07, 6.45) is -4.74. The molecule has 1 amide bonds. The Hall–Kier alpha value is -1.83. The molecule has 1 unspecified atom stereocenters. The molecule has 1 rings (SSSR count). The number of pyridine rings is 1. The van der Waals surface area contributed by atoms with Crippen molar-refractivity contribution in [2.45, 2.75) is 18.6 Å². The Morgan fingerprint density at radius 3 is 2.50 bits per heavy atom. The molecular formula is C10H11F3N2O3. The zero-order valence-corrected chi connectivity index (χ0v) is 9.11. The first-order valence-corrected chi connectivity index (χ1v) is 4.95. The molecule has 100 valence electrons. The summed E-state index contributed by atoms with van der Waals surface area (Å²) in [4.78, 5) is 13.6. The molecule has 0 spiro atoms. The molecule has 5 nitrogen and oxygen atoms in total. The number of hydrogen-bond acceptors (Lipinski definition) is 3. The fourth-order valence-corrected chi connectivity index (χ4v) is 1.33. The second-order valence-electron chi connectivity index (χ2n) is 3.58. The first-order chi connectivity index (χ1) is 8.32. The lowest BCUT2D eigenvalue weighted by Crippen LogP contribution is -2.38. The minimum atomic E-state index is -4.51. The van der Waals surface area contributed by atoms with Gasteiger partial charge in [-0.15, -0.1) is 0 Å². The Balaban J connectivity index is 2.71. The number of rotatable bonds is 4. The van der Waals surface area contributed by atoms with Gasteiger partial charge in [0.1, 0.15) is 5.69 Å². The van der Waals surface area contributed by atoms with Crippen molar-refractivity contribution in [3.05, 3.63) is 29.6 Å². The summed E-state index contributed by atoms with van der Waals surface area (Å²) in [5.41, 5.74) is -0.617. The second-order valence-corrected chi connectivity index (χ2v) is 3.58. The lowest BCUT2D eigenvalue weighted by atomic mass is 10.1. The molecule has 1 aromatic heterocycles. The van der Waals surface area contributed by atoms with Crippen molar-refractivity contribution in [2.24, 2.45) is 0 Å². The van der Waals surface area contributed by atoms with Crippen LogP contribution in [0.2, 0.25) is 0 Å². The van der Waals surface area contributed by atoms with Gasteiger partial charge in [-0.3, -0.25) is 4.98 Å². The van der Waals surface area contributed by atoms with E-state index >= 15 is 0 Å². The van der Waals surface area contributed by atoms with Crippen LogP contribution < -0.4 is 5.32 Å². The molecule has 0 saturated carbocycles. The number of amides is 1. The van der Waals surface area contributed by atoms with Crippen LogP contribution in [0.15, 0.2) is 18.3 Å². The smallest absolute Gasteiger partial charge is 0.433 e. The van der Waals surface area contributed by atoms with Crippen molar-refractivity contribution in [1.29, 1.82) is 0 Å². The van der Waals surface area contributed by atoms with Gasteiger partial charge in [0, 0.05) is 6.20 Å². The van der Waals surface area contributed by atoms with Gasteiger partial charge >= 0.3 is 12.3 Å². The molecule has 0 aliphatic carbocycles. The van der Waals surface area contributed by atoms with E-state index in [0.717, 1.165) is 12.3 Å². The summed E-state index contributed by atoms with van der Waals surface area (Å²) in [6.45, 7) is -0.451. The van der Waals surface area contributed by atoms with Crippen molar-refractivity contribution >= 4 is 6.09 Å². The number of hydrogen-bond donors (Lipinski definition) is 3. The van der Waals surface area contributed by atoms with Crippen LogP contribution in [0.5, 0.6) is 0 Å². The van der Waals surface area contributed by atoms with E-state index in [2.05, 4.69) is 4.98 Å². The molecule has 0 aromatic carbocycles. The molecule has 0 radical (unpaired) electrons. The van der Waals surface area contributed by atoms with Crippen LogP contribution in [0.1, 0.15) is 11.3 Å². The summed E-state index contributed by atoms with van der Waals surface area (Å²) in [5.74, 6) is 0. The van der Waals surface area contributed by atoms with E-state index in [0.29, 0.717) is 5.56 Å². The van der Waals surface area contributed by atoms with Crippen LogP contribution in [-0.2, 0) is 12.6 Å². The molecular weight excluding hydrogens is 253 g/mol. The third-order valence-corrected chi connectivity index (χ3v) is 2.15. The van der Waals surface area contributed by atoms with E-state index in [1.54, 1.807) is 0 Å². The number of aliphatic hydroxyl groups is 1. The van der Waals surface area contributed by atoms with E-state index < -0.39 is 30.6 Å². The summed E-state index contributed by atoms with van der Waals surface area (Å²) in [5, 5.41) is 19.4. The molecule has 18 heavy (non-hydrogen) atoms. The lowest BCUT2D eigenvalue weighted by molar-refractivity contribution is -0.141. The van der Waals surface area contributed by atoms with Crippen LogP contribution in [0.25, 0.3) is 0 Å². The fourth-order valence-electron chi connectivity index (χ4n) is 1.33. The standard InChI is InChI=1S/C10H11F3N2O3/c11-10(12,13)8-2-1-6(4-14-8)3-7(5-16)15-9(17)18/h1-2,4,7,15-16H,3,5H2,(H,17,18). The minimum absolute atomic E-state index is 0.0634. The third kappa shape index (κ3) is 4.21. The molecule has 8 heteroatoms. The molecule has 0 aliphatic rings. The van der Waals surface area contributed by atoms with Crippen molar-refractivity contribution in [1.82, 2.24) is 10.3 Å². The maximum Gasteiger partial charge on any atom is 0.433 e. The molecule has 1 atom stereocenters. The Morgan fingerprint density at radius 1 is 1.44 bits per heavy atom. The summed E-state index contributed by atoms with van der Waals surface area (Å²) in [7, 11) is 0. The Kier molecular flexibility index (Phi) is 4.49. The normalized spacial score (nSPS) is 13.1. The monoisotopic (exact) mass is 264 g/mol. The average molecular weight is 264 g/mol. The summed E-state index contributed by atoms with van der Waals surface area (Å²) in [6, 6.07) is 1.23. The number of alkyl halides is 3. The number of carboxylic acid groups (broad SMARTS) is 1. The zero-order valence-electron chi connectivity index (χ0n) is 9.11. The van der Waals surface area contributed by atoms with Gasteiger partial charge in [-0.2, -0.15) is 13.2 Å². The van der Waals surface area contributed by atoms with Gasteiger partial charge in [-0.05, 0) is 18.1 Å². The number of aliphatic hydroxyl groups excluding tert-OH is 1. The molecule has 0 fully saturated rings. The largest absolute Gasteiger partial charge is 0.465 e. The number of nitrogens with one attached hydrogen (secondary N) is 1. The predicted octanol–water partition coefficient (Wildman–Crippen LogP) is 1.27. The van der Waals surface area contributed by atoms with Crippen molar-refractivity contribution in [3.8, 4) is 0 Å². The number of carbonyl (C=O) groups is 1. The minimum Gasteiger partial charge on any atom is -0.465 e. The van der Waals surface area contributed by atoms with Crippen molar-refractivity contribution in [3.63, 3.8) is 0 Å². The second kappa shape index (κ2) is 5.67. The lowest BCUT2D eigenvalue weighted by Gasteiger charge is -2.14. The maximum absolute atomic E-state index is 12.2. The van der Waals surface area contributed by atoms with Crippen LogP contribution in [0, 0.1) is 0 Å². The highest BCUT2D eigenvalue weighted by molar-refractivity contribution is 5.64. The topological polar surface area (TPSA) is 82.5 Å². The van der Waals surface area contributed by atoms with Gasteiger partial charge < -0.3 is 15.5 Å². The SMILES string of the molecule is O=C(O)NC(CO)Cc1ccc(C(F)(F)F)nc1. The predicted molar refractivity (Wildman–Crippen MR) is 55.0 cm³/mol. The molecule has 1 aromatic rings. The van der Waals surface area contributed by atoms with Crippen molar-refractivity contribution in [2.75, 3.05) is 6.61 Å². The molecule has 3 N–H and O–H groups in total. The number of nitrogens with zero attached hydrogens (tertiary/aromatic N) is 1. The average Bonchev–Trinajstić information content (AvgIpc) is 2.27. The summed E-state index contributed by atoms with van der Waals surface area (Å²) < 4.78 is 36.7. The first-order valence-electron chi connectivity index (χ1n) is 4.95. The number of aromatic nitrogens is 1. The van der Waals surface area contributed by atoms with Gasteiger partial charge in [0.15, 0.2) is 0 Å². The van der Waals surface area contributed by atoms with Crippen LogP contribution in [-0.4, -0.2) is 33.9 Å². The van der Waals surface area contributed by atoms with Gasteiger partial charge in [-0.1, -0.05) is 6.07 Å². The van der Waals surface area contributed by atoms with Crippen LogP contribution in [0.4, 0.5) is 18.0 Å². The van der Waals surface area contributed by atoms with E-state index in [-0.39, 0.29) is 6.42 Å². The quantitative estimate of drug-likeness (QED) is 0.764. The van der Waals surface area contributed by atoms with E-state index in [9.17, 15) is 18.0 Å². The highest BCUT2D eigenvalue weighted by atomic mass is 19.4. The highest BCUT2D eigenvalue weighted by Crippen LogP contribution is 2.27. The molecule has 0 aliphatic heterocycles. The highest BCUT2D eigenvalue weighted by Gasteiger charge is 2.32. The van der Waals surface area contributed by atoms with E-state index in [1.165, 1.54) is 6.07 Å². The van der Waals surface area contributed by atoms with E-state index in [4.69, 9.17) is 10.2 Å². The molecule has 0 saturated heterocycles. The third-order valence-electron chi connectivity index (χ3n) is 2.15. The van der Waals surface area contributed by atoms with Crippen LogP contribution in [0.3, 0.4) is 0 Å². The Labute approximate surface area is 100 Å². The van der Waals surface area contributed by atoms with Crippen LogP contribution >= 0.6 is 0 Å². The van der Waals surface area contributed by atoms with Gasteiger partial charge in [0.2, 0.25) is 0 Å². The van der Waals surface area contributed by atoms with Gasteiger partial charge in [-0.25, -0.2) is 4.79 Å². The molecule has 0 bridgehead atoms.